The van der Waals surface area contributed by atoms with E-state index in [1.165, 1.54) is 12.1 Å². The average molecular weight is 381 g/mol. The highest BCUT2D eigenvalue weighted by atomic mass is 19.1. The first-order valence-electron chi connectivity index (χ1n) is 8.94. The molecule has 4 aromatic rings. The first-order chi connectivity index (χ1) is 14.2. The molecule has 0 spiro atoms. The standard InChI is InChI=1S/C23H16FN5/c24-18-8-12-19(13-9-18)26-22-14-21(17-4-2-1-3-5-17)28-23(29-22)27-20-10-6-16(15-25)7-11-20/h1-14H,(H2,26,27,28,29). The van der Waals surface area contributed by atoms with Gasteiger partial charge in [-0.3, -0.25) is 0 Å². The van der Waals surface area contributed by atoms with Gasteiger partial charge in [-0.25, -0.2) is 9.37 Å². The number of benzene rings is 3. The Hall–Kier alpha value is -4.24. The van der Waals surface area contributed by atoms with Crippen LogP contribution in [0.3, 0.4) is 0 Å². The molecule has 0 saturated heterocycles. The van der Waals surface area contributed by atoms with Crippen LogP contribution < -0.4 is 10.6 Å². The van der Waals surface area contributed by atoms with Gasteiger partial charge < -0.3 is 10.6 Å². The van der Waals surface area contributed by atoms with Crippen molar-refractivity contribution in [3.63, 3.8) is 0 Å². The third kappa shape index (κ3) is 4.54. The van der Waals surface area contributed by atoms with E-state index < -0.39 is 0 Å². The molecule has 0 aliphatic heterocycles. The highest BCUT2D eigenvalue weighted by Gasteiger charge is 2.08. The van der Waals surface area contributed by atoms with E-state index >= 15 is 0 Å². The Morgan fingerprint density at radius 1 is 0.759 bits per heavy atom. The quantitative estimate of drug-likeness (QED) is 0.468. The third-order valence-corrected chi connectivity index (χ3v) is 4.18. The van der Waals surface area contributed by atoms with Gasteiger partial charge in [-0.1, -0.05) is 30.3 Å². The van der Waals surface area contributed by atoms with Crippen molar-refractivity contribution in [2.75, 3.05) is 10.6 Å². The molecule has 29 heavy (non-hydrogen) atoms. The second-order valence-electron chi connectivity index (χ2n) is 6.27. The smallest absolute Gasteiger partial charge is 0.229 e. The summed E-state index contributed by atoms with van der Waals surface area (Å²) in [6, 6.07) is 26.8. The largest absolute Gasteiger partial charge is 0.340 e. The van der Waals surface area contributed by atoms with Gasteiger partial charge in [-0.15, -0.1) is 0 Å². The van der Waals surface area contributed by atoms with Crippen molar-refractivity contribution in [3.8, 4) is 17.3 Å². The molecule has 3 aromatic carbocycles. The lowest BCUT2D eigenvalue weighted by atomic mass is 10.1. The number of hydrogen-bond donors (Lipinski definition) is 2. The van der Waals surface area contributed by atoms with E-state index in [-0.39, 0.29) is 5.82 Å². The van der Waals surface area contributed by atoms with Gasteiger partial charge in [0.1, 0.15) is 11.6 Å². The van der Waals surface area contributed by atoms with Gasteiger partial charge in [0.15, 0.2) is 0 Å². The monoisotopic (exact) mass is 381 g/mol. The minimum absolute atomic E-state index is 0.300. The van der Waals surface area contributed by atoms with Crippen molar-refractivity contribution in [1.82, 2.24) is 9.97 Å². The summed E-state index contributed by atoms with van der Waals surface area (Å²) < 4.78 is 13.2. The van der Waals surface area contributed by atoms with Gasteiger partial charge >= 0.3 is 0 Å². The van der Waals surface area contributed by atoms with Crippen molar-refractivity contribution >= 4 is 23.1 Å². The number of nitriles is 1. The molecular weight excluding hydrogens is 365 g/mol. The number of anilines is 4. The summed E-state index contributed by atoms with van der Waals surface area (Å²) in [5.74, 6) is 0.675. The van der Waals surface area contributed by atoms with Crippen LogP contribution in [0.4, 0.5) is 27.5 Å². The van der Waals surface area contributed by atoms with Crippen LogP contribution in [0.15, 0.2) is 84.9 Å². The fraction of sp³-hybridized carbons (Fsp3) is 0. The minimum atomic E-state index is -0.300. The van der Waals surface area contributed by atoms with Crippen LogP contribution in [0.5, 0.6) is 0 Å². The Labute approximate surface area is 167 Å². The molecule has 0 aliphatic carbocycles. The summed E-state index contributed by atoms with van der Waals surface area (Å²) in [5.41, 5.74) is 3.74. The number of nitrogens with zero attached hydrogens (tertiary/aromatic N) is 3. The average Bonchev–Trinajstić information content (AvgIpc) is 2.76. The number of nitrogens with one attached hydrogen (secondary N) is 2. The van der Waals surface area contributed by atoms with E-state index in [9.17, 15) is 4.39 Å². The lowest BCUT2D eigenvalue weighted by Crippen LogP contribution is -2.02. The molecule has 0 unspecified atom stereocenters. The van der Waals surface area contributed by atoms with Gasteiger partial charge in [0.2, 0.25) is 5.95 Å². The molecule has 0 saturated carbocycles. The third-order valence-electron chi connectivity index (χ3n) is 4.18. The lowest BCUT2D eigenvalue weighted by Gasteiger charge is -2.12. The second kappa shape index (κ2) is 8.19. The van der Waals surface area contributed by atoms with Crippen molar-refractivity contribution in [3.05, 3.63) is 96.3 Å². The predicted octanol–water partition coefficient (Wildman–Crippen LogP) is 5.64. The van der Waals surface area contributed by atoms with E-state index in [0.717, 1.165) is 16.9 Å². The van der Waals surface area contributed by atoms with Gasteiger partial charge in [-0.05, 0) is 48.5 Å². The Bertz CT molecular complexity index is 1150. The summed E-state index contributed by atoms with van der Waals surface area (Å²) in [5, 5.41) is 15.3. The van der Waals surface area contributed by atoms with E-state index in [1.54, 1.807) is 36.4 Å². The number of aromatic nitrogens is 2. The first kappa shape index (κ1) is 18.1. The molecule has 0 bridgehead atoms. The van der Waals surface area contributed by atoms with Crippen molar-refractivity contribution in [2.45, 2.75) is 0 Å². The van der Waals surface area contributed by atoms with Gasteiger partial charge in [0, 0.05) is 23.0 Å². The molecule has 0 aliphatic rings. The topological polar surface area (TPSA) is 73.6 Å². The summed E-state index contributed by atoms with van der Waals surface area (Å²) >= 11 is 0. The second-order valence-corrected chi connectivity index (χ2v) is 6.27. The zero-order chi connectivity index (χ0) is 20.1. The Balaban J connectivity index is 1.69. The first-order valence-corrected chi connectivity index (χ1v) is 8.94. The minimum Gasteiger partial charge on any atom is -0.340 e. The number of hydrogen-bond acceptors (Lipinski definition) is 5. The van der Waals surface area contributed by atoms with Crippen LogP contribution >= 0.6 is 0 Å². The zero-order valence-corrected chi connectivity index (χ0v) is 15.3. The van der Waals surface area contributed by atoms with E-state index in [2.05, 4.69) is 26.7 Å². The normalized spacial score (nSPS) is 10.2. The van der Waals surface area contributed by atoms with Crippen molar-refractivity contribution in [2.24, 2.45) is 0 Å². The summed E-state index contributed by atoms with van der Waals surface area (Å²) in [4.78, 5) is 9.13. The summed E-state index contributed by atoms with van der Waals surface area (Å²) in [7, 11) is 0. The predicted molar refractivity (Wildman–Crippen MR) is 112 cm³/mol. The van der Waals surface area contributed by atoms with E-state index in [4.69, 9.17) is 5.26 Å². The fourth-order valence-corrected chi connectivity index (χ4v) is 2.76. The van der Waals surface area contributed by atoms with E-state index in [0.29, 0.717) is 23.0 Å². The van der Waals surface area contributed by atoms with Crippen LogP contribution in [0, 0.1) is 17.1 Å². The van der Waals surface area contributed by atoms with Crippen LogP contribution in [0.2, 0.25) is 0 Å². The lowest BCUT2D eigenvalue weighted by molar-refractivity contribution is 0.628. The Morgan fingerprint density at radius 3 is 2.10 bits per heavy atom. The Kier molecular flexibility index (Phi) is 5.12. The number of rotatable bonds is 5. The number of halogens is 1. The molecule has 2 N–H and O–H groups in total. The molecule has 0 fully saturated rings. The highest BCUT2D eigenvalue weighted by Crippen LogP contribution is 2.25. The molecule has 6 heteroatoms. The maximum absolute atomic E-state index is 13.2. The molecule has 1 aromatic heterocycles. The molecular formula is C23H16FN5. The molecule has 0 atom stereocenters. The van der Waals surface area contributed by atoms with Gasteiger partial charge in [-0.2, -0.15) is 10.2 Å². The van der Waals surface area contributed by atoms with Crippen molar-refractivity contribution in [1.29, 1.82) is 5.26 Å². The van der Waals surface area contributed by atoms with Crippen LogP contribution in [0.1, 0.15) is 5.56 Å². The molecule has 1 heterocycles. The van der Waals surface area contributed by atoms with Crippen molar-refractivity contribution < 1.29 is 4.39 Å². The van der Waals surface area contributed by atoms with Crippen LogP contribution in [-0.4, -0.2) is 9.97 Å². The fourth-order valence-electron chi connectivity index (χ4n) is 2.76. The Morgan fingerprint density at radius 2 is 1.41 bits per heavy atom. The summed E-state index contributed by atoms with van der Waals surface area (Å²) in [6.45, 7) is 0. The maximum Gasteiger partial charge on any atom is 0.229 e. The van der Waals surface area contributed by atoms with Gasteiger partial charge in [0.05, 0.1) is 17.3 Å². The van der Waals surface area contributed by atoms with Gasteiger partial charge in [0.25, 0.3) is 0 Å². The summed E-state index contributed by atoms with van der Waals surface area (Å²) in [6.07, 6.45) is 0. The molecule has 5 nitrogen and oxygen atoms in total. The van der Waals surface area contributed by atoms with E-state index in [1.807, 2.05) is 36.4 Å². The zero-order valence-electron chi connectivity index (χ0n) is 15.3. The molecule has 140 valence electrons. The van der Waals surface area contributed by atoms with Crippen LogP contribution in [-0.2, 0) is 0 Å². The molecule has 0 amide bonds. The highest BCUT2D eigenvalue weighted by molar-refractivity contribution is 5.68. The van der Waals surface area contributed by atoms with Crippen LogP contribution in [0.25, 0.3) is 11.3 Å². The maximum atomic E-state index is 13.2. The molecule has 4 rings (SSSR count). The molecule has 0 radical (unpaired) electrons. The SMILES string of the molecule is N#Cc1ccc(Nc2nc(Nc3ccc(F)cc3)cc(-c3ccccc3)n2)cc1.